The van der Waals surface area contributed by atoms with Crippen LogP contribution in [-0.2, 0) is 4.79 Å². The van der Waals surface area contributed by atoms with Crippen LogP contribution in [0.15, 0.2) is 41.4 Å². The molecule has 2 aromatic carbocycles. The van der Waals surface area contributed by atoms with Crippen LogP contribution in [0.25, 0.3) is 0 Å². The number of ketones is 1. The highest BCUT2D eigenvalue weighted by Crippen LogP contribution is 2.30. The zero-order valence-electron chi connectivity index (χ0n) is 15.4. The second-order valence-electron chi connectivity index (χ2n) is 6.46. The lowest BCUT2D eigenvalue weighted by Crippen LogP contribution is -2.10. The summed E-state index contributed by atoms with van der Waals surface area (Å²) in [5.41, 5.74) is 2.47. The van der Waals surface area contributed by atoms with E-state index >= 15 is 0 Å². The molecule has 5 nitrogen and oxygen atoms in total. The Morgan fingerprint density at radius 1 is 1.15 bits per heavy atom. The number of carbonyl (C=O) groups excluding carboxylic acids is 1. The van der Waals surface area contributed by atoms with E-state index in [2.05, 4.69) is 4.99 Å². The minimum absolute atomic E-state index is 0.00817. The van der Waals surface area contributed by atoms with E-state index in [9.17, 15) is 20.1 Å². The lowest BCUT2D eigenvalue weighted by molar-refractivity contribution is -0.118. The third kappa shape index (κ3) is 4.63. The smallest absolute Gasteiger partial charge is 0.154 e. The predicted octanol–water partition coefficient (Wildman–Crippen LogP) is 4.07. The minimum atomic E-state index is -0.0146. The third-order valence-electron chi connectivity index (χ3n) is 4.47. The lowest BCUT2D eigenvalue weighted by Gasteiger charge is -2.12. The summed E-state index contributed by atoms with van der Waals surface area (Å²) >= 11 is 0. The van der Waals surface area contributed by atoms with Crippen molar-refractivity contribution in [1.82, 2.24) is 0 Å². The molecule has 0 saturated carbocycles. The third-order valence-corrected chi connectivity index (χ3v) is 4.47. The first kappa shape index (κ1) is 19.5. The van der Waals surface area contributed by atoms with Gasteiger partial charge >= 0.3 is 0 Å². The highest BCUT2D eigenvalue weighted by atomic mass is 16.3. The molecule has 0 amide bonds. The van der Waals surface area contributed by atoms with Crippen LogP contribution in [0.4, 0.5) is 0 Å². The second kappa shape index (κ2) is 8.52. The van der Waals surface area contributed by atoms with Crippen LogP contribution in [0, 0.1) is 6.92 Å². The molecule has 0 bridgehead atoms. The molecule has 0 aliphatic carbocycles. The maximum absolute atomic E-state index is 12.3. The first-order valence-electron chi connectivity index (χ1n) is 8.69. The van der Waals surface area contributed by atoms with Crippen molar-refractivity contribution in [2.45, 2.75) is 39.5 Å². The molecule has 0 aliphatic heterocycles. The predicted molar refractivity (Wildman–Crippen MR) is 102 cm³/mol. The van der Waals surface area contributed by atoms with E-state index in [-0.39, 0.29) is 35.5 Å². The molecule has 0 heterocycles. The lowest BCUT2D eigenvalue weighted by atomic mass is 9.95. The molecule has 0 aliphatic rings. The summed E-state index contributed by atoms with van der Waals surface area (Å²) in [6.45, 7) is 5.50. The quantitative estimate of drug-likeness (QED) is 0.653. The number of Topliss-reactive ketones (excluding diaryl/α,β-unsaturated/α-hetero) is 1. The molecule has 1 atom stereocenters. The van der Waals surface area contributed by atoms with Gasteiger partial charge in [0.05, 0.1) is 6.54 Å². The zero-order valence-corrected chi connectivity index (χ0v) is 15.4. The van der Waals surface area contributed by atoms with Gasteiger partial charge in [0.2, 0.25) is 0 Å². The highest BCUT2D eigenvalue weighted by Gasteiger charge is 2.15. The van der Waals surface area contributed by atoms with Gasteiger partial charge in [-0.1, -0.05) is 26.0 Å². The molecule has 2 aromatic rings. The highest BCUT2D eigenvalue weighted by molar-refractivity contribution is 6.04. The molecule has 26 heavy (non-hydrogen) atoms. The van der Waals surface area contributed by atoms with Crippen molar-refractivity contribution >= 4 is 11.5 Å². The summed E-state index contributed by atoms with van der Waals surface area (Å²) in [4.78, 5) is 16.7. The Hall–Kier alpha value is -2.82. The molecule has 0 spiro atoms. The van der Waals surface area contributed by atoms with Gasteiger partial charge in [0.15, 0.2) is 5.78 Å². The van der Waals surface area contributed by atoms with E-state index in [1.165, 1.54) is 6.07 Å². The number of carbonyl (C=O) groups is 1. The van der Waals surface area contributed by atoms with Crippen molar-refractivity contribution < 1.29 is 20.1 Å². The SMILES string of the molecule is CCC(=NCC(=O)CC(C)c1cccc(O)c1)c1ccc(O)c(C)c1O. The van der Waals surface area contributed by atoms with E-state index in [1.807, 2.05) is 19.9 Å². The van der Waals surface area contributed by atoms with Gasteiger partial charge in [0.25, 0.3) is 0 Å². The standard InChI is InChI=1S/C21H25NO4/c1-4-19(18-8-9-20(25)14(3)21(18)26)22-12-17(24)10-13(2)15-6-5-7-16(23)11-15/h5-9,11,13,23,25-26H,4,10,12H2,1-3H3. The van der Waals surface area contributed by atoms with Crippen molar-refractivity contribution in [2.24, 2.45) is 4.99 Å². The molecular weight excluding hydrogens is 330 g/mol. The van der Waals surface area contributed by atoms with Crippen LogP contribution in [0.3, 0.4) is 0 Å². The maximum Gasteiger partial charge on any atom is 0.154 e. The van der Waals surface area contributed by atoms with Crippen LogP contribution < -0.4 is 0 Å². The van der Waals surface area contributed by atoms with Crippen LogP contribution in [0.5, 0.6) is 17.2 Å². The number of aliphatic imine (C=N–C) groups is 1. The topological polar surface area (TPSA) is 90.1 Å². The number of hydrogen-bond donors (Lipinski definition) is 3. The summed E-state index contributed by atoms with van der Waals surface area (Å²) < 4.78 is 0. The van der Waals surface area contributed by atoms with Gasteiger partial charge in [-0.15, -0.1) is 0 Å². The normalized spacial score (nSPS) is 12.8. The molecule has 138 valence electrons. The average molecular weight is 355 g/mol. The molecule has 0 aromatic heterocycles. The largest absolute Gasteiger partial charge is 0.508 e. The number of rotatable bonds is 7. The number of phenols is 3. The van der Waals surface area contributed by atoms with Crippen molar-refractivity contribution in [3.63, 3.8) is 0 Å². The molecular formula is C21H25NO4. The first-order chi connectivity index (χ1) is 12.3. The maximum atomic E-state index is 12.3. The Morgan fingerprint density at radius 3 is 2.54 bits per heavy atom. The summed E-state index contributed by atoms with van der Waals surface area (Å²) in [7, 11) is 0. The van der Waals surface area contributed by atoms with Crippen molar-refractivity contribution in [3.05, 3.63) is 53.1 Å². The van der Waals surface area contributed by atoms with Crippen molar-refractivity contribution in [3.8, 4) is 17.2 Å². The van der Waals surface area contributed by atoms with E-state index in [0.29, 0.717) is 29.7 Å². The summed E-state index contributed by atoms with van der Waals surface area (Å²) in [6, 6.07) is 10.0. The number of hydrogen-bond acceptors (Lipinski definition) is 5. The van der Waals surface area contributed by atoms with Crippen molar-refractivity contribution in [1.29, 1.82) is 0 Å². The van der Waals surface area contributed by atoms with E-state index < -0.39 is 0 Å². The fraction of sp³-hybridized carbons (Fsp3) is 0.333. The number of phenolic OH excluding ortho intramolecular Hbond substituents is 3. The fourth-order valence-electron chi connectivity index (χ4n) is 2.85. The van der Waals surface area contributed by atoms with Gasteiger partial charge in [0, 0.05) is 23.3 Å². The number of aromatic hydroxyl groups is 3. The van der Waals surface area contributed by atoms with E-state index in [4.69, 9.17) is 0 Å². The zero-order chi connectivity index (χ0) is 19.3. The number of benzene rings is 2. The van der Waals surface area contributed by atoms with Crippen molar-refractivity contribution in [2.75, 3.05) is 6.54 Å². The fourth-order valence-corrected chi connectivity index (χ4v) is 2.85. The number of nitrogens with zero attached hydrogens (tertiary/aromatic N) is 1. The van der Waals surface area contributed by atoms with Gasteiger partial charge in [-0.05, 0) is 49.1 Å². The van der Waals surface area contributed by atoms with Crippen LogP contribution in [0.2, 0.25) is 0 Å². The molecule has 0 fully saturated rings. The molecule has 1 unspecified atom stereocenters. The van der Waals surface area contributed by atoms with E-state index in [1.54, 1.807) is 31.2 Å². The van der Waals surface area contributed by atoms with Gasteiger partial charge in [0.1, 0.15) is 17.2 Å². The second-order valence-corrected chi connectivity index (χ2v) is 6.46. The summed E-state index contributed by atoms with van der Waals surface area (Å²) in [6.07, 6.45) is 0.887. The van der Waals surface area contributed by atoms with Gasteiger partial charge in [-0.3, -0.25) is 9.79 Å². The Balaban J connectivity index is 2.09. The molecule has 0 saturated heterocycles. The first-order valence-corrected chi connectivity index (χ1v) is 8.69. The minimum Gasteiger partial charge on any atom is -0.508 e. The Morgan fingerprint density at radius 2 is 1.88 bits per heavy atom. The van der Waals surface area contributed by atoms with E-state index in [0.717, 1.165) is 5.56 Å². The Bertz CT molecular complexity index is 827. The van der Waals surface area contributed by atoms with Crippen LogP contribution in [0.1, 0.15) is 49.3 Å². The van der Waals surface area contributed by atoms with Gasteiger partial charge in [-0.25, -0.2) is 0 Å². The average Bonchev–Trinajstić information content (AvgIpc) is 2.61. The van der Waals surface area contributed by atoms with Gasteiger partial charge < -0.3 is 15.3 Å². The molecule has 0 radical (unpaired) electrons. The van der Waals surface area contributed by atoms with Crippen LogP contribution in [-0.4, -0.2) is 33.4 Å². The van der Waals surface area contributed by atoms with Crippen LogP contribution >= 0.6 is 0 Å². The summed E-state index contributed by atoms with van der Waals surface area (Å²) in [5, 5.41) is 29.4. The van der Waals surface area contributed by atoms with Gasteiger partial charge in [-0.2, -0.15) is 0 Å². The Labute approximate surface area is 153 Å². The molecule has 2 rings (SSSR count). The molecule has 3 N–H and O–H groups in total. The summed E-state index contributed by atoms with van der Waals surface area (Å²) in [5.74, 6) is 0.177. The molecule has 5 heteroatoms. The monoisotopic (exact) mass is 355 g/mol. The Kier molecular flexibility index (Phi) is 6.39.